The van der Waals surface area contributed by atoms with E-state index in [4.69, 9.17) is 5.73 Å². The summed E-state index contributed by atoms with van der Waals surface area (Å²) in [5.41, 5.74) is 11.5. The maximum Gasteiger partial charge on any atom is 0.272 e. The lowest BCUT2D eigenvalue weighted by atomic mass is 9.98. The molecule has 0 saturated heterocycles. The van der Waals surface area contributed by atoms with Crippen molar-refractivity contribution < 1.29 is 0 Å². The maximum atomic E-state index is 12.0. The highest BCUT2D eigenvalue weighted by Crippen LogP contribution is 2.33. The fourth-order valence-corrected chi connectivity index (χ4v) is 3.25. The van der Waals surface area contributed by atoms with Crippen LogP contribution in [0.2, 0.25) is 0 Å². The molecule has 0 saturated carbocycles. The molecule has 2 heterocycles. The second kappa shape index (κ2) is 6.24. The van der Waals surface area contributed by atoms with Gasteiger partial charge in [-0.05, 0) is 24.6 Å². The normalized spacial score (nSPS) is 11.2. The second-order valence-corrected chi connectivity index (χ2v) is 6.36. The number of nitrogens with two attached hydrogens (primary N) is 1. The van der Waals surface area contributed by atoms with E-state index in [2.05, 4.69) is 46.5 Å². The van der Waals surface area contributed by atoms with Gasteiger partial charge in [0.15, 0.2) is 0 Å². The quantitative estimate of drug-likeness (QED) is 0.597. The van der Waals surface area contributed by atoms with E-state index >= 15 is 0 Å². The molecule has 2 aromatic heterocycles. The number of hydrogen-bond donors (Lipinski definition) is 2. The minimum atomic E-state index is -0.214. The molecule has 130 valence electrons. The first-order valence-electron chi connectivity index (χ1n) is 8.39. The lowest BCUT2D eigenvalue weighted by Crippen LogP contribution is -2.13. The van der Waals surface area contributed by atoms with Gasteiger partial charge in [0.25, 0.3) is 5.56 Å². The van der Waals surface area contributed by atoms with E-state index in [9.17, 15) is 4.79 Å². The molecule has 0 fully saturated rings. The molecule has 2 aromatic carbocycles. The van der Waals surface area contributed by atoms with Gasteiger partial charge in [-0.3, -0.25) is 9.48 Å². The molecule has 0 aliphatic heterocycles. The summed E-state index contributed by atoms with van der Waals surface area (Å²) in [7, 11) is 1.93. The number of nitrogens with zero attached hydrogens (tertiary/aromatic N) is 3. The van der Waals surface area contributed by atoms with Crippen molar-refractivity contribution in [3.05, 3.63) is 70.3 Å². The Hall–Kier alpha value is -3.25. The van der Waals surface area contributed by atoms with E-state index in [1.807, 2.05) is 36.1 Å². The highest BCUT2D eigenvalue weighted by Gasteiger charge is 2.14. The summed E-state index contributed by atoms with van der Waals surface area (Å²) in [6.45, 7) is 2.32. The van der Waals surface area contributed by atoms with E-state index in [-0.39, 0.29) is 12.1 Å². The van der Waals surface area contributed by atoms with Crippen molar-refractivity contribution in [1.29, 1.82) is 0 Å². The molecule has 6 heteroatoms. The standard InChI is InChI=1S/C20H19N5O/c1-12-3-5-13(6-4-12)19-17(11-22-25(19)2)14-7-8-15-16(9-14)18(10-21)23-24-20(15)26/h3-9,11H,10,21H2,1-2H3,(H,24,26). The number of aromatic nitrogens is 4. The smallest absolute Gasteiger partial charge is 0.272 e. The van der Waals surface area contributed by atoms with Crippen molar-refractivity contribution in [2.24, 2.45) is 12.8 Å². The second-order valence-electron chi connectivity index (χ2n) is 6.36. The van der Waals surface area contributed by atoms with Crippen LogP contribution in [0.15, 0.2) is 53.5 Å². The van der Waals surface area contributed by atoms with Crippen LogP contribution in [0.4, 0.5) is 0 Å². The van der Waals surface area contributed by atoms with Crippen LogP contribution in [0.1, 0.15) is 11.3 Å². The van der Waals surface area contributed by atoms with Crippen molar-refractivity contribution in [3.63, 3.8) is 0 Å². The third-order valence-electron chi connectivity index (χ3n) is 4.64. The fourth-order valence-electron chi connectivity index (χ4n) is 3.25. The zero-order chi connectivity index (χ0) is 18.3. The molecule has 0 aliphatic rings. The molecule has 4 rings (SSSR count). The third-order valence-corrected chi connectivity index (χ3v) is 4.64. The number of aryl methyl sites for hydroxylation is 2. The molecule has 26 heavy (non-hydrogen) atoms. The molecule has 0 amide bonds. The summed E-state index contributed by atoms with van der Waals surface area (Å²) in [6, 6.07) is 14.1. The van der Waals surface area contributed by atoms with Crippen LogP contribution in [-0.4, -0.2) is 20.0 Å². The highest BCUT2D eigenvalue weighted by molar-refractivity contribution is 5.91. The lowest BCUT2D eigenvalue weighted by Gasteiger charge is -2.09. The molecular weight excluding hydrogens is 326 g/mol. The Bertz CT molecular complexity index is 1160. The zero-order valence-corrected chi connectivity index (χ0v) is 14.7. The zero-order valence-electron chi connectivity index (χ0n) is 14.7. The topological polar surface area (TPSA) is 89.6 Å². The Morgan fingerprint density at radius 3 is 2.54 bits per heavy atom. The van der Waals surface area contributed by atoms with Gasteiger partial charge in [0.05, 0.1) is 23.0 Å². The van der Waals surface area contributed by atoms with Crippen LogP contribution in [-0.2, 0) is 13.6 Å². The lowest BCUT2D eigenvalue weighted by molar-refractivity contribution is 0.776. The Kier molecular flexibility index (Phi) is 3.89. The summed E-state index contributed by atoms with van der Waals surface area (Å²) in [5.74, 6) is 0. The van der Waals surface area contributed by atoms with Crippen molar-refractivity contribution in [2.75, 3.05) is 0 Å². The molecule has 3 N–H and O–H groups in total. The van der Waals surface area contributed by atoms with Gasteiger partial charge < -0.3 is 5.73 Å². The number of H-pyrrole nitrogens is 1. The predicted octanol–water partition coefficient (Wildman–Crippen LogP) is 2.76. The minimum absolute atomic E-state index is 0.214. The number of hydrogen-bond acceptors (Lipinski definition) is 4. The summed E-state index contributed by atoms with van der Waals surface area (Å²) in [5, 5.41) is 12.4. The number of nitrogens with one attached hydrogen (secondary N) is 1. The van der Waals surface area contributed by atoms with Gasteiger partial charge in [-0.2, -0.15) is 10.2 Å². The average molecular weight is 345 g/mol. The van der Waals surface area contributed by atoms with Crippen LogP contribution >= 0.6 is 0 Å². The Labute approximate surface area is 150 Å². The van der Waals surface area contributed by atoms with Crippen LogP contribution in [0, 0.1) is 6.92 Å². The summed E-state index contributed by atoms with van der Waals surface area (Å²) < 4.78 is 1.87. The first-order chi connectivity index (χ1) is 12.6. The Morgan fingerprint density at radius 2 is 1.81 bits per heavy atom. The van der Waals surface area contributed by atoms with Gasteiger partial charge in [0.1, 0.15) is 0 Å². The molecule has 0 atom stereocenters. The van der Waals surface area contributed by atoms with Crippen molar-refractivity contribution >= 4 is 10.8 Å². The Morgan fingerprint density at radius 1 is 1.08 bits per heavy atom. The predicted molar refractivity (Wildman–Crippen MR) is 103 cm³/mol. The highest BCUT2D eigenvalue weighted by atomic mass is 16.1. The van der Waals surface area contributed by atoms with Crippen LogP contribution in [0.5, 0.6) is 0 Å². The number of aromatic amines is 1. The summed E-state index contributed by atoms with van der Waals surface area (Å²) in [4.78, 5) is 12.0. The third kappa shape index (κ3) is 2.60. The number of benzene rings is 2. The summed E-state index contributed by atoms with van der Waals surface area (Å²) >= 11 is 0. The average Bonchev–Trinajstić information content (AvgIpc) is 3.04. The van der Waals surface area contributed by atoms with E-state index in [0.29, 0.717) is 11.1 Å². The summed E-state index contributed by atoms with van der Waals surface area (Å²) in [6.07, 6.45) is 1.85. The van der Waals surface area contributed by atoms with E-state index in [1.165, 1.54) is 5.56 Å². The largest absolute Gasteiger partial charge is 0.325 e. The molecule has 0 aliphatic carbocycles. The van der Waals surface area contributed by atoms with Crippen LogP contribution in [0.25, 0.3) is 33.2 Å². The first kappa shape index (κ1) is 16.2. The number of fused-ring (bicyclic) bond motifs is 1. The SMILES string of the molecule is Cc1ccc(-c2c(-c3ccc4c(=O)[nH]nc(CN)c4c3)cnn2C)cc1. The molecule has 0 radical (unpaired) electrons. The molecular formula is C20H19N5O. The van der Waals surface area contributed by atoms with Gasteiger partial charge in [-0.25, -0.2) is 5.10 Å². The van der Waals surface area contributed by atoms with Gasteiger partial charge in [0.2, 0.25) is 0 Å². The van der Waals surface area contributed by atoms with Gasteiger partial charge in [-0.1, -0.05) is 35.9 Å². The first-order valence-corrected chi connectivity index (χ1v) is 8.39. The van der Waals surface area contributed by atoms with E-state index in [0.717, 1.165) is 27.8 Å². The van der Waals surface area contributed by atoms with Crippen molar-refractivity contribution in [2.45, 2.75) is 13.5 Å². The van der Waals surface area contributed by atoms with E-state index in [1.54, 1.807) is 0 Å². The number of rotatable bonds is 3. The molecule has 0 spiro atoms. The van der Waals surface area contributed by atoms with E-state index < -0.39 is 0 Å². The Balaban J connectivity index is 1.94. The van der Waals surface area contributed by atoms with Crippen LogP contribution in [0.3, 0.4) is 0 Å². The molecule has 4 aromatic rings. The van der Waals surface area contributed by atoms with Crippen molar-refractivity contribution in [1.82, 2.24) is 20.0 Å². The van der Waals surface area contributed by atoms with Crippen LogP contribution < -0.4 is 11.3 Å². The molecule has 0 unspecified atom stereocenters. The van der Waals surface area contributed by atoms with Crippen molar-refractivity contribution in [3.8, 4) is 22.4 Å². The fraction of sp³-hybridized carbons (Fsp3) is 0.150. The molecule has 6 nitrogen and oxygen atoms in total. The maximum absolute atomic E-state index is 12.0. The monoisotopic (exact) mass is 345 g/mol. The molecule has 0 bridgehead atoms. The minimum Gasteiger partial charge on any atom is -0.325 e. The van der Waals surface area contributed by atoms with Gasteiger partial charge in [-0.15, -0.1) is 0 Å². The van der Waals surface area contributed by atoms with Gasteiger partial charge >= 0.3 is 0 Å². The van der Waals surface area contributed by atoms with Gasteiger partial charge in [0, 0.05) is 30.1 Å².